The first kappa shape index (κ1) is 21.4. The number of carbonyl (C=O) groups excluding carboxylic acids is 2. The van der Waals surface area contributed by atoms with Crippen LogP contribution in [0.15, 0.2) is 42.5 Å². The van der Waals surface area contributed by atoms with Crippen molar-refractivity contribution in [2.45, 2.75) is 33.1 Å². The number of halogens is 1. The Morgan fingerprint density at radius 3 is 2.57 bits per heavy atom. The zero-order chi connectivity index (χ0) is 20.5. The molecular formula is C22H27FN2O3. The fraction of sp³-hybridized carbons (Fsp3) is 0.364. The maximum absolute atomic E-state index is 13.8. The summed E-state index contributed by atoms with van der Waals surface area (Å²) in [4.78, 5) is 26.5. The fourth-order valence-corrected chi connectivity index (χ4v) is 2.91. The Balaban J connectivity index is 1.94. The van der Waals surface area contributed by atoms with Crippen molar-refractivity contribution in [1.82, 2.24) is 4.90 Å². The van der Waals surface area contributed by atoms with Crippen LogP contribution in [0.25, 0.3) is 0 Å². The SMILES string of the molecule is CCCN(CC(=O)Nc1ccccc1C)C(=O)CCc1ccc(OC)c(F)c1. The van der Waals surface area contributed by atoms with Crippen molar-refractivity contribution < 1.29 is 18.7 Å². The predicted octanol–water partition coefficient (Wildman–Crippen LogP) is 3.95. The number of nitrogens with zero attached hydrogens (tertiary/aromatic N) is 1. The van der Waals surface area contributed by atoms with Crippen molar-refractivity contribution in [2.24, 2.45) is 0 Å². The molecule has 28 heavy (non-hydrogen) atoms. The van der Waals surface area contributed by atoms with Crippen LogP contribution in [0, 0.1) is 12.7 Å². The lowest BCUT2D eigenvalue weighted by Gasteiger charge is -2.22. The smallest absolute Gasteiger partial charge is 0.244 e. The number of rotatable bonds is 9. The molecule has 0 atom stereocenters. The molecule has 0 saturated carbocycles. The fourth-order valence-electron chi connectivity index (χ4n) is 2.91. The highest BCUT2D eigenvalue weighted by atomic mass is 19.1. The number of carbonyl (C=O) groups is 2. The van der Waals surface area contributed by atoms with Crippen LogP contribution >= 0.6 is 0 Å². The number of amides is 2. The van der Waals surface area contributed by atoms with E-state index in [1.807, 2.05) is 38.1 Å². The summed E-state index contributed by atoms with van der Waals surface area (Å²) < 4.78 is 18.7. The molecule has 0 aliphatic rings. The quantitative estimate of drug-likeness (QED) is 0.710. The largest absolute Gasteiger partial charge is 0.494 e. The van der Waals surface area contributed by atoms with Crippen LogP contribution in [0.1, 0.15) is 30.9 Å². The normalized spacial score (nSPS) is 10.4. The zero-order valence-corrected chi connectivity index (χ0v) is 16.6. The first-order valence-electron chi connectivity index (χ1n) is 9.40. The number of nitrogens with one attached hydrogen (secondary N) is 1. The van der Waals surface area contributed by atoms with Crippen LogP contribution in [-0.4, -0.2) is 36.9 Å². The Kier molecular flexibility index (Phi) is 7.99. The van der Waals surface area contributed by atoms with E-state index in [4.69, 9.17) is 4.74 Å². The average molecular weight is 386 g/mol. The third-order valence-electron chi connectivity index (χ3n) is 4.44. The first-order chi connectivity index (χ1) is 13.4. The summed E-state index contributed by atoms with van der Waals surface area (Å²) in [5, 5.41) is 2.85. The molecule has 0 unspecified atom stereocenters. The highest BCUT2D eigenvalue weighted by Gasteiger charge is 2.17. The van der Waals surface area contributed by atoms with Crippen molar-refractivity contribution in [3.05, 3.63) is 59.4 Å². The topological polar surface area (TPSA) is 58.6 Å². The van der Waals surface area contributed by atoms with Gasteiger partial charge < -0.3 is 15.0 Å². The number of methoxy groups -OCH3 is 1. The van der Waals surface area contributed by atoms with Crippen molar-refractivity contribution in [3.63, 3.8) is 0 Å². The van der Waals surface area contributed by atoms with E-state index in [9.17, 15) is 14.0 Å². The molecule has 1 N–H and O–H groups in total. The summed E-state index contributed by atoms with van der Waals surface area (Å²) in [6, 6.07) is 12.2. The van der Waals surface area contributed by atoms with Crippen molar-refractivity contribution in [3.8, 4) is 5.75 Å². The van der Waals surface area contributed by atoms with Gasteiger partial charge in [-0.05, 0) is 49.1 Å². The predicted molar refractivity (Wildman–Crippen MR) is 108 cm³/mol. The standard InChI is InChI=1S/C22H27FN2O3/c1-4-13-25(15-21(26)24-19-8-6-5-7-16(19)2)22(27)12-10-17-9-11-20(28-3)18(23)14-17/h5-9,11,14H,4,10,12-13,15H2,1-3H3,(H,24,26). The monoisotopic (exact) mass is 386 g/mol. The van der Waals surface area contributed by atoms with Gasteiger partial charge in [0.05, 0.1) is 13.7 Å². The van der Waals surface area contributed by atoms with Gasteiger partial charge in [-0.2, -0.15) is 0 Å². The van der Waals surface area contributed by atoms with E-state index in [1.54, 1.807) is 17.0 Å². The molecule has 0 radical (unpaired) electrons. The van der Waals surface area contributed by atoms with Crippen LogP contribution < -0.4 is 10.1 Å². The highest BCUT2D eigenvalue weighted by Crippen LogP contribution is 2.19. The Hall–Kier alpha value is -2.89. The summed E-state index contributed by atoms with van der Waals surface area (Å²) in [6.07, 6.45) is 1.36. The molecule has 0 bridgehead atoms. The summed E-state index contributed by atoms with van der Waals surface area (Å²) in [7, 11) is 1.41. The van der Waals surface area contributed by atoms with Crippen LogP contribution in [0.5, 0.6) is 5.75 Å². The van der Waals surface area contributed by atoms with E-state index in [0.29, 0.717) is 18.5 Å². The molecule has 0 fully saturated rings. The minimum Gasteiger partial charge on any atom is -0.494 e. The lowest BCUT2D eigenvalue weighted by Crippen LogP contribution is -2.38. The number of ether oxygens (including phenoxy) is 1. The zero-order valence-electron chi connectivity index (χ0n) is 16.6. The van der Waals surface area contributed by atoms with E-state index in [2.05, 4.69) is 5.32 Å². The van der Waals surface area contributed by atoms with Crippen molar-refractivity contribution in [2.75, 3.05) is 25.5 Å². The van der Waals surface area contributed by atoms with Crippen LogP contribution in [0.2, 0.25) is 0 Å². The number of hydrogen-bond acceptors (Lipinski definition) is 3. The van der Waals surface area contributed by atoms with E-state index < -0.39 is 5.82 Å². The maximum Gasteiger partial charge on any atom is 0.244 e. The van der Waals surface area contributed by atoms with Gasteiger partial charge in [-0.1, -0.05) is 31.2 Å². The molecule has 6 heteroatoms. The number of benzene rings is 2. The van der Waals surface area contributed by atoms with Gasteiger partial charge in [0.1, 0.15) is 0 Å². The highest BCUT2D eigenvalue weighted by molar-refractivity contribution is 5.95. The number of para-hydroxylation sites is 1. The molecular weight excluding hydrogens is 359 g/mol. The van der Waals surface area contributed by atoms with Gasteiger partial charge in [0, 0.05) is 18.7 Å². The third kappa shape index (κ3) is 6.08. The van der Waals surface area contributed by atoms with Gasteiger partial charge in [0.25, 0.3) is 0 Å². The van der Waals surface area contributed by atoms with E-state index in [-0.39, 0.29) is 30.5 Å². The summed E-state index contributed by atoms with van der Waals surface area (Å²) >= 11 is 0. The second kappa shape index (κ2) is 10.4. The number of anilines is 1. The van der Waals surface area contributed by atoms with Gasteiger partial charge in [0.15, 0.2) is 11.6 Å². The molecule has 0 heterocycles. The molecule has 2 rings (SSSR count). The molecule has 0 aromatic heterocycles. The molecule has 0 aliphatic carbocycles. The van der Waals surface area contributed by atoms with Crippen LogP contribution in [0.3, 0.4) is 0 Å². The average Bonchev–Trinajstić information content (AvgIpc) is 2.67. The molecule has 2 aromatic carbocycles. The van der Waals surface area contributed by atoms with Gasteiger partial charge in [-0.25, -0.2) is 4.39 Å². The summed E-state index contributed by atoms with van der Waals surface area (Å²) in [5.74, 6) is -0.629. The van der Waals surface area contributed by atoms with Gasteiger partial charge in [0.2, 0.25) is 11.8 Å². The Morgan fingerprint density at radius 2 is 1.93 bits per heavy atom. The van der Waals surface area contributed by atoms with E-state index in [0.717, 1.165) is 17.7 Å². The second-order valence-electron chi connectivity index (χ2n) is 6.65. The molecule has 2 amide bonds. The molecule has 0 aliphatic heterocycles. The lowest BCUT2D eigenvalue weighted by atomic mass is 10.1. The summed E-state index contributed by atoms with van der Waals surface area (Å²) in [6.45, 7) is 4.37. The van der Waals surface area contributed by atoms with Gasteiger partial charge in [-0.3, -0.25) is 9.59 Å². The number of aryl methyl sites for hydroxylation is 2. The van der Waals surface area contributed by atoms with Crippen LogP contribution in [-0.2, 0) is 16.0 Å². The molecule has 0 spiro atoms. The van der Waals surface area contributed by atoms with Gasteiger partial charge >= 0.3 is 0 Å². The van der Waals surface area contributed by atoms with Crippen molar-refractivity contribution in [1.29, 1.82) is 0 Å². The minimum atomic E-state index is -0.449. The maximum atomic E-state index is 13.8. The Bertz CT molecular complexity index is 823. The molecule has 150 valence electrons. The Morgan fingerprint density at radius 1 is 1.18 bits per heavy atom. The molecule has 0 saturated heterocycles. The molecule has 2 aromatic rings. The summed E-state index contributed by atoms with van der Waals surface area (Å²) in [5.41, 5.74) is 2.42. The van der Waals surface area contributed by atoms with Crippen LogP contribution in [0.4, 0.5) is 10.1 Å². The van der Waals surface area contributed by atoms with E-state index in [1.165, 1.54) is 13.2 Å². The Labute approximate surface area is 165 Å². The van der Waals surface area contributed by atoms with E-state index >= 15 is 0 Å². The lowest BCUT2D eigenvalue weighted by molar-refractivity contribution is -0.134. The third-order valence-corrected chi connectivity index (χ3v) is 4.44. The number of hydrogen-bond donors (Lipinski definition) is 1. The molecule has 5 nitrogen and oxygen atoms in total. The first-order valence-corrected chi connectivity index (χ1v) is 9.40. The van der Waals surface area contributed by atoms with Gasteiger partial charge in [-0.15, -0.1) is 0 Å². The van der Waals surface area contributed by atoms with Crippen molar-refractivity contribution >= 4 is 17.5 Å². The minimum absolute atomic E-state index is 0.00200. The second-order valence-corrected chi connectivity index (χ2v) is 6.65.